The number of benzene rings is 3. The number of para-hydroxylation sites is 1. The van der Waals surface area contributed by atoms with Gasteiger partial charge in [0.05, 0.1) is 16.3 Å². The van der Waals surface area contributed by atoms with Crippen LogP contribution in [0, 0.1) is 12.7 Å². The summed E-state index contributed by atoms with van der Waals surface area (Å²) >= 11 is 3.31. The van der Waals surface area contributed by atoms with Crippen molar-refractivity contribution in [1.82, 2.24) is 14.5 Å². The van der Waals surface area contributed by atoms with Crippen molar-refractivity contribution in [3.05, 3.63) is 100 Å². The molecule has 0 atom stereocenters. The first kappa shape index (κ1) is 21.4. The predicted octanol–water partition coefficient (Wildman–Crippen LogP) is 5.23. The lowest BCUT2D eigenvalue weighted by Crippen LogP contribution is -2.23. The maximum atomic E-state index is 13.8. The molecule has 0 saturated heterocycles. The first-order valence-electron chi connectivity index (χ1n) is 9.49. The summed E-state index contributed by atoms with van der Waals surface area (Å²) < 4.78 is 44.4. The summed E-state index contributed by atoms with van der Waals surface area (Å²) in [5, 5.41) is 4.66. The number of aromatic nitrogens is 2. The highest BCUT2D eigenvalue weighted by molar-refractivity contribution is 9.10. The van der Waals surface area contributed by atoms with Crippen molar-refractivity contribution in [1.29, 1.82) is 0 Å². The van der Waals surface area contributed by atoms with Gasteiger partial charge in [-0.05, 0) is 67.1 Å². The Balaban J connectivity index is 1.70. The molecule has 0 fully saturated rings. The normalized spacial score (nSPS) is 11.6. The third-order valence-corrected chi connectivity index (χ3v) is 6.76. The number of aryl methyl sites for hydroxylation is 1. The molecule has 0 spiro atoms. The van der Waals surface area contributed by atoms with Crippen molar-refractivity contribution in [3.8, 4) is 16.9 Å². The Morgan fingerprint density at radius 2 is 1.74 bits per heavy atom. The van der Waals surface area contributed by atoms with Gasteiger partial charge in [-0.15, -0.1) is 0 Å². The number of hydrogen-bond donors (Lipinski definition) is 1. The van der Waals surface area contributed by atoms with E-state index >= 15 is 0 Å². The van der Waals surface area contributed by atoms with Gasteiger partial charge >= 0.3 is 0 Å². The highest BCUT2D eigenvalue weighted by Gasteiger charge is 2.18. The van der Waals surface area contributed by atoms with Gasteiger partial charge < -0.3 is 0 Å². The molecule has 0 aliphatic heterocycles. The zero-order valence-corrected chi connectivity index (χ0v) is 19.0. The minimum absolute atomic E-state index is 0.0387. The number of sulfonamides is 1. The SMILES string of the molecule is Cc1cc(-c2nn(-c3ccccc3)cc2CNS(=O)(=O)c2ccc(Br)cc2)ccc1F. The van der Waals surface area contributed by atoms with E-state index in [9.17, 15) is 12.8 Å². The quantitative estimate of drug-likeness (QED) is 0.395. The Morgan fingerprint density at radius 1 is 1.03 bits per heavy atom. The fourth-order valence-electron chi connectivity index (χ4n) is 3.16. The molecule has 158 valence electrons. The fraction of sp³-hybridized carbons (Fsp3) is 0.0870. The van der Waals surface area contributed by atoms with Crippen LogP contribution in [0.3, 0.4) is 0 Å². The van der Waals surface area contributed by atoms with E-state index in [1.807, 2.05) is 30.3 Å². The van der Waals surface area contributed by atoms with E-state index in [4.69, 9.17) is 0 Å². The van der Waals surface area contributed by atoms with Gasteiger partial charge in [0.15, 0.2) is 0 Å². The first-order chi connectivity index (χ1) is 14.8. The maximum absolute atomic E-state index is 13.8. The second kappa shape index (κ2) is 8.74. The molecular formula is C23H19BrFN3O2S. The molecule has 3 aromatic carbocycles. The van der Waals surface area contributed by atoms with E-state index in [0.29, 0.717) is 22.4 Å². The molecule has 0 aliphatic rings. The van der Waals surface area contributed by atoms with Crippen LogP contribution in [0.4, 0.5) is 4.39 Å². The van der Waals surface area contributed by atoms with Gasteiger partial charge in [0.2, 0.25) is 10.0 Å². The highest BCUT2D eigenvalue weighted by atomic mass is 79.9. The van der Waals surface area contributed by atoms with Crippen molar-refractivity contribution in [2.75, 3.05) is 0 Å². The summed E-state index contributed by atoms with van der Waals surface area (Å²) in [5.74, 6) is -0.302. The van der Waals surface area contributed by atoms with Crippen molar-refractivity contribution >= 4 is 26.0 Å². The lowest BCUT2D eigenvalue weighted by molar-refractivity contribution is 0.581. The smallest absolute Gasteiger partial charge is 0.240 e. The van der Waals surface area contributed by atoms with Crippen LogP contribution >= 0.6 is 15.9 Å². The molecular weight excluding hydrogens is 481 g/mol. The molecule has 31 heavy (non-hydrogen) atoms. The molecule has 0 bridgehead atoms. The van der Waals surface area contributed by atoms with E-state index < -0.39 is 10.0 Å². The second-order valence-electron chi connectivity index (χ2n) is 7.03. The molecule has 4 aromatic rings. The molecule has 0 radical (unpaired) electrons. The minimum atomic E-state index is -3.71. The van der Waals surface area contributed by atoms with E-state index in [0.717, 1.165) is 10.2 Å². The second-order valence-corrected chi connectivity index (χ2v) is 9.71. The third kappa shape index (κ3) is 4.76. The molecule has 0 amide bonds. The van der Waals surface area contributed by atoms with E-state index in [1.54, 1.807) is 42.1 Å². The topological polar surface area (TPSA) is 64.0 Å². The van der Waals surface area contributed by atoms with E-state index in [-0.39, 0.29) is 17.3 Å². The number of halogens is 2. The van der Waals surface area contributed by atoms with Gasteiger partial charge in [-0.25, -0.2) is 22.2 Å². The molecule has 4 rings (SSSR count). The molecule has 5 nitrogen and oxygen atoms in total. The molecule has 1 aromatic heterocycles. The monoisotopic (exact) mass is 499 g/mol. The van der Waals surface area contributed by atoms with Crippen LogP contribution in [0.5, 0.6) is 0 Å². The maximum Gasteiger partial charge on any atom is 0.240 e. The van der Waals surface area contributed by atoms with Gasteiger partial charge in [0.25, 0.3) is 0 Å². The standard InChI is InChI=1S/C23H19BrFN3O2S/c1-16-13-17(7-12-22(16)25)23-18(15-28(27-23)20-5-3-2-4-6-20)14-26-31(29,30)21-10-8-19(24)9-11-21/h2-13,15,26H,14H2,1H3. The van der Waals surface area contributed by atoms with Crippen molar-refractivity contribution in [2.24, 2.45) is 0 Å². The summed E-state index contributed by atoms with van der Waals surface area (Å²) in [5.41, 5.74) is 3.31. The molecule has 8 heteroatoms. The summed E-state index contributed by atoms with van der Waals surface area (Å²) in [6.45, 7) is 1.72. The van der Waals surface area contributed by atoms with Crippen LogP contribution in [0.25, 0.3) is 16.9 Å². The lowest BCUT2D eigenvalue weighted by atomic mass is 10.1. The van der Waals surface area contributed by atoms with Crippen molar-refractivity contribution < 1.29 is 12.8 Å². The fourth-order valence-corrected chi connectivity index (χ4v) is 4.43. The molecule has 1 N–H and O–H groups in total. The van der Waals surface area contributed by atoms with Gasteiger partial charge in [-0.2, -0.15) is 5.10 Å². The summed E-state index contributed by atoms with van der Waals surface area (Å²) in [4.78, 5) is 0.172. The van der Waals surface area contributed by atoms with E-state index in [1.165, 1.54) is 18.2 Å². The average Bonchev–Trinajstić information content (AvgIpc) is 3.20. The Labute approximate surface area is 188 Å². The van der Waals surface area contributed by atoms with Crippen LogP contribution in [0.1, 0.15) is 11.1 Å². The molecule has 0 saturated carbocycles. The van der Waals surface area contributed by atoms with Crippen LogP contribution in [-0.4, -0.2) is 18.2 Å². The van der Waals surface area contributed by atoms with Crippen LogP contribution < -0.4 is 4.72 Å². The Kier molecular flexibility index (Phi) is 6.04. The average molecular weight is 500 g/mol. The lowest BCUT2D eigenvalue weighted by Gasteiger charge is -2.08. The van der Waals surface area contributed by atoms with E-state index in [2.05, 4.69) is 25.8 Å². The van der Waals surface area contributed by atoms with Gasteiger partial charge in [0.1, 0.15) is 5.82 Å². The third-order valence-electron chi connectivity index (χ3n) is 4.82. The Morgan fingerprint density at radius 3 is 2.42 bits per heavy atom. The summed E-state index contributed by atoms with van der Waals surface area (Å²) in [6, 6.07) is 20.7. The van der Waals surface area contributed by atoms with Crippen molar-refractivity contribution in [3.63, 3.8) is 0 Å². The first-order valence-corrected chi connectivity index (χ1v) is 11.8. The minimum Gasteiger partial charge on any atom is -0.240 e. The zero-order valence-electron chi connectivity index (χ0n) is 16.6. The van der Waals surface area contributed by atoms with Crippen molar-refractivity contribution in [2.45, 2.75) is 18.4 Å². The zero-order chi connectivity index (χ0) is 22.0. The van der Waals surface area contributed by atoms with Crippen LogP contribution in [0.15, 0.2) is 88.4 Å². The number of nitrogens with one attached hydrogen (secondary N) is 1. The molecule has 0 unspecified atom stereocenters. The van der Waals surface area contributed by atoms with Gasteiger partial charge in [0, 0.05) is 28.3 Å². The number of nitrogens with zero attached hydrogens (tertiary/aromatic N) is 2. The molecule has 1 heterocycles. The van der Waals surface area contributed by atoms with Crippen LogP contribution in [0.2, 0.25) is 0 Å². The van der Waals surface area contributed by atoms with Gasteiger partial charge in [-0.1, -0.05) is 34.1 Å². The summed E-state index contributed by atoms with van der Waals surface area (Å²) in [7, 11) is -3.71. The highest BCUT2D eigenvalue weighted by Crippen LogP contribution is 2.26. The predicted molar refractivity (Wildman–Crippen MR) is 122 cm³/mol. The molecule has 0 aliphatic carbocycles. The Bertz CT molecular complexity index is 1320. The summed E-state index contributed by atoms with van der Waals surface area (Å²) in [6.07, 6.45) is 1.79. The van der Waals surface area contributed by atoms with Crippen LogP contribution in [-0.2, 0) is 16.6 Å². The van der Waals surface area contributed by atoms with Gasteiger partial charge in [-0.3, -0.25) is 0 Å². The number of hydrogen-bond acceptors (Lipinski definition) is 3. The Hall–Kier alpha value is -2.81. The largest absolute Gasteiger partial charge is 0.240 e. The number of rotatable bonds is 6.